The number of hydrogen-bond acceptors (Lipinski definition) is 4. The first-order valence-corrected chi connectivity index (χ1v) is 7.27. The monoisotopic (exact) mass is 280 g/mol. The highest BCUT2D eigenvalue weighted by Gasteiger charge is 2.24. The van der Waals surface area contributed by atoms with Crippen LogP contribution in [0.5, 0.6) is 0 Å². The van der Waals surface area contributed by atoms with Gasteiger partial charge < -0.3 is 19.9 Å². The molecule has 6 nitrogen and oxygen atoms in total. The first-order valence-electron chi connectivity index (χ1n) is 7.27. The number of hydrogen-bond donors (Lipinski definition) is 2. The second-order valence-electron chi connectivity index (χ2n) is 5.19. The van der Waals surface area contributed by atoms with E-state index < -0.39 is 0 Å². The van der Waals surface area contributed by atoms with Gasteiger partial charge in [-0.25, -0.2) is 4.98 Å². The SMILES string of the molecule is COCCN1CCC(C(=O)NCCc2ncc[nH]2)CC1. The number of nitrogens with one attached hydrogen (secondary N) is 2. The zero-order chi connectivity index (χ0) is 14.2. The van der Waals surface area contributed by atoms with Gasteiger partial charge >= 0.3 is 0 Å². The molecule has 1 aromatic rings. The van der Waals surface area contributed by atoms with E-state index in [4.69, 9.17) is 4.74 Å². The Morgan fingerprint density at radius 3 is 3.00 bits per heavy atom. The van der Waals surface area contributed by atoms with Crippen molar-refractivity contribution < 1.29 is 9.53 Å². The van der Waals surface area contributed by atoms with Crippen LogP contribution in [0.3, 0.4) is 0 Å². The van der Waals surface area contributed by atoms with Gasteiger partial charge in [0.15, 0.2) is 0 Å². The fourth-order valence-corrected chi connectivity index (χ4v) is 2.52. The summed E-state index contributed by atoms with van der Waals surface area (Å²) < 4.78 is 5.08. The Bertz CT molecular complexity index is 386. The molecule has 0 radical (unpaired) electrons. The third-order valence-electron chi connectivity index (χ3n) is 3.79. The molecule has 1 amide bonds. The number of imidazole rings is 1. The molecule has 0 spiro atoms. The van der Waals surface area contributed by atoms with Crippen molar-refractivity contribution in [2.75, 3.05) is 39.9 Å². The van der Waals surface area contributed by atoms with Crippen LogP contribution in [0.1, 0.15) is 18.7 Å². The number of carbonyl (C=O) groups excluding carboxylic acids is 1. The highest BCUT2D eigenvalue weighted by atomic mass is 16.5. The molecule has 0 aromatic carbocycles. The summed E-state index contributed by atoms with van der Waals surface area (Å²) in [7, 11) is 1.72. The number of methoxy groups -OCH3 is 1. The molecule has 0 unspecified atom stereocenters. The van der Waals surface area contributed by atoms with Crippen LogP contribution in [0.25, 0.3) is 0 Å². The summed E-state index contributed by atoms with van der Waals surface area (Å²) in [5, 5.41) is 3.01. The zero-order valence-corrected chi connectivity index (χ0v) is 12.1. The van der Waals surface area contributed by atoms with Crippen LogP contribution in [0.4, 0.5) is 0 Å². The number of rotatable bonds is 7. The predicted molar refractivity (Wildman–Crippen MR) is 76.3 cm³/mol. The van der Waals surface area contributed by atoms with Crippen LogP contribution >= 0.6 is 0 Å². The van der Waals surface area contributed by atoms with Gasteiger partial charge in [0.25, 0.3) is 0 Å². The molecule has 2 heterocycles. The van der Waals surface area contributed by atoms with Gasteiger partial charge in [0.2, 0.25) is 5.91 Å². The first-order chi connectivity index (χ1) is 9.79. The maximum Gasteiger partial charge on any atom is 0.223 e. The average Bonchev–Trinajstić information content (AvgIpc) is 2.99. The Balaban J connectivity index is 1.61. The molecule has 2 rings (SSSR count). The van der Waals surface area contributed by atoms with Crippen molar-refractivity contribution in [2.45, 2.75) is 19.3 Å². The van der Waals surface area contributed by atoms with Gasteiger partial charge in [-0.1, -0.05) is 0 Å². The van der Waals surface area contributed by atoms with Crippen LogP contribution in [0.15, 0.2) is 12.4 Å². The lowest BCUT2D eigenvalue weighted by Crippen LogP contribution is -2.42. The Hall–Kier alpha value is -1.40. The molecule has 1 aliphatic heterocycles. The van der Waals surface area contributed by atoms with Crippen LogP contribution < -0.4 is 5.32 Å². The minimum absolute atomic E-state index is 0.158. The van der Waals surface area contributed by atoms with Crippen LogP contribution in [0.2, 0.25) is 0 Å². The molecule has 0 bridgehead atoms. The molecule has 1 saturated heterocycles. The van der Waals surface area contributed by atoms with E-state index in [1.54, 1.807) is 19.5 Å². The largest absolute Gasteiger partial charge is 0.383 e. The van der Waals surface area contributed by atoms with Crippen LogP contribution in [-0.2, 0) is 16.0 Å². The summed E-state index contributed by atoms with van der Waals surface area (Å²) in [5.41, 5.74) is 0. The molecule has 2 N–H and O–H groups in total. The maximum atomic E-state index is 12.1. The van der Waals surface area contributed by atoms with E-state index in [1.165, 1.54) is 0 Å². The minimum Gasteiger partial charge on any atom is -0.383 e. The molecule has 0 aliphatic carbocycles. The van der Waals surface area contributed by atoms with Crippen molar-refractivity contribution in [3.05, 3.63) is 18.2 Å². The number of aromatic nitrogens is 2. The molecular formula is C14H24N4O2. The predicted octanol–water partition coefficient (Wildman–Crippen LogP) is 0.427. The molecule has 112 valence electrons. The highest BCUT2D eigenvalue weighted by Crippen LogP contribution is 2.16. The van der Waals surface area contributed by atoms with Crippen LogP contribution in [-0.4, -0.2) is 60.7 Å². The lowest BCUT2D eigenvalue weighted by atomic mass is 9.96. The lowest BCUT2D eigenvalue weighted by molar-refractivity contribution is -0.126. The summed E-state index contributed by atoms with van der Waals surface area (Å²) in [5.74, 6) is 1.26. The normalized spacial score (nSPS) is 17.2. The second-order valence-corrected chi connectivity index (χ2v) is 5.19. The average molecular weight is 280 g/mol. The number of H-pyrrole nitrogens is 1. The summed E-state index contributed by atoms with van der Waals surface area (Å²) in [6.45, 7) is 4.35. The molecule has 20 heavy (non-hydrogen) atoms. The van der Waals surface area contributed by atoms with E-state index in [1.807, 2.05) is 0 Å². The quantitative estimate of drug-likeness (QED) is 0.760. The van der Waals surface area contributed by atoms with Crippen molar-refractivity contribution in [1.82, 2.24) is 20.2 Å². The van der Waals surface area contributed by atoms with E-state index in [0.29, 0.717) is 6.54 Å². The van der Waals surface area contributed by atoms with Crippen LogP contribution in [0, 0.1) is 5.92 Å². The van der Waals surface area contributed by atoms with E-state index in [-0.39, 0.29) is 11.8 Å². The number of ether oxygens (including phenoxy) is 1. The van der Waals surface area contributed by atoms with Gasteiger partial charge in [-0.2, -0.15) is 0 Å². The standard InChI is InChI=1S/C14H24N4O2/c1-20-11-10-18-8-3-12(4-9-18)14(19)17-5-2-13-15-6-7-16-13/h6-7,12H,2-5,8-11H2,1H3,(H,15,16)(H,17,19). The number of likely N-dealkylation sites (tertiary alicyclic amines) is 1. The summed E-state index contributed by atoms with van der Waals surface area (Å²) in [4.78, 5) is 21.6. The molecule has 1 fully saturated rings. The number of amides is 1. The van der Waals surface area contributed by atoms with Gasteiger partial charge in [-0.05, 0) is 25.9 Å². The number of carbonyl (C=O) groups is 1. The Kier molecular flexibility index (Phi) is 6.01. The fraction of sp³-hybridized carbons (Fsp3) is 0.714. The molecule has 6 heteroatoms. The number of nitrogens with zero attached hydrogens (tertiary/aromatic N) is 2. The Morgan fingerprint density at radius 2 is 2.35 bits per heavy atom. The van der Waals surface area contributed by atoms with E-state index in [0.717, 1.165) is 51.3 Å². The topological polar surface area (TPSA) is 70.2 Å². The number of aromatic amines is 1. The smallest absolute Gasteiger partial charge is 0.223 e. The number of piperidine rings is 1. The summed E-state index contributed by atoms with van der Waals surface area (Å²) in [6.07, 6.45) is 6.16. The van der Waals surface area contributed by atoms with Gasteiger partial charge in [-0.15, -0.1) is 0 Å². The molecule has 1 aromatic heterocycles. The van der Waals surface area contributed by atoms with Crippen molar-refractivity contribution in [2.24, 2.45) is 5.92 Å². The van der Waals surface area contributed by atoms with Crippen molar-refractivity contribution in [3.8, 4) is 0 Å². The second kappa shape index (κ2) is 8.01. The summed E-state index contributed by atoms with van der Waals surface area (Å²) in [6, 6.07) is 0. The Morgan fingerprint density at radius 1 is 1.55 bits per heavy atom. The van der Waals surface area contributed by atoms with E-state index in [2.05, 4.69) is 20.2 Å². The molecule has 1 aliphatic rings. The minimum atomic E-state index is 0.158. The molecule has 0 saturated carbocycles. The van der Waals surface area contributed by atoms with Gasteiger partial charge in [0.1, 0.15) is 5.82 Å². The first kappa shape index (κ1) is 15.0. The van der Waals surface area contributed by atoms with Crippen molar-refractivity contribution in [3.63, 3.8) is 0 Å². The third kappa shape index (κ3) is 4.61. The Labute approximate surface area is 119 Å². The van der Waals surface area contributed by atoms with Crippen molar-refractivity contribution in [1.29, 1.82) is 0 Å². The zero-order valence-electron chi connectivity index (χ0n) is 12.1. The van der Waals surface area contributed by atoms with Gasteiger partial charge in [0, 0.05) is 44.9 Å². The molecule has 0 atom stereocenters. The lowest BCUT2D eigenvalue weighted by Gasteiger charge is -2.30. The molecular weight excluding hydrogens is 256 g/mol. The third-order valence-corrected chi connectivity index (χ3v) is 3.79. The maximum absolute atomic E-state index is 12.1. The van der Waals surface area contributed by atoms with Crippen molar-refractivity contribution >= 4 is 5.91 Å². The summed E-state index contributed by atoms with van der Waals surface area (Å²) >= 11 is 0. The fourth-order valence-electron chi connectivity index (χ4n) is 2.52. The van der Waals surface area contributed by atoms with E-state index >= 15 is 0 Å². The van der Waals surface area contributed by atoms with Gasteiger partial charge in [-0.3, -0.25) is 4.79 Å². The van der Waals surface area contributed by atoms with Gasteiger partial charge in [0.05, 0.1) is 6.61 Å². The highest BCUT2D eigenvalue weighted by molar-refractivity contribution is 5.78. The van der Waals surface area contributed by atoms with E-state index in [9.17, 15) is 4.79 Å².